The van der Waals surface area contributed by atoms with Crippen LogP contribution in [0.25, 0.3) is 11.1 Å². The van der Waals surface area contributed by atoms with Gasteiger partial charge in [-0.25, -0.2) is 0 Å². The SMILES string of the molecule is N#Cc1cccc(Cl)c1-c1ccccc1OC(F)(F)F. The van der Waals surface area contributed by atoms with Crippen LogP contribution in [0, 0.1) is 11.3 Å². The van der Waals surface area contributed by atoms with E-state index in [9.17, 15) is 13.2 Å². The van der Waals surface area contributed by atoms with Gasteiger partial charge in [0.2, 0.25) is 0 Å². The molecule has 2 nitrogen and oxygen atoms in total. The number of benzene rings is 2. The molecule has 0 N–H and O–H groups in total. The molecule has 6 heteroatoms. The van der Waals surface area contributed by atoms with Crippen molar-refractivity contribution < 1.29 is 17.9 Å². The van der Waals surface area contributed by atoms with Gasteiger partial charge in [-0.3, -0.25) is 0 Å². The van der Waals surface area contributed by atoms with Gasteiger partial charge in [-0.05, 0) is 18.2 Å². The molecule has 0 unspecified atom stereocenters. The fraction of sp³-hybridized carbons (Fsp3) is 0.0714. The first kappa shape index (κ1) is 14.2. The average Bonchev–Trinajstić information content (AvgIpc) is 2.37. The van der Waals surface area contributed by atoms with Gasteiger partial charge in [0.15, 0.2) is 0 Å². The van der Waals surface area contributed by atoms with E-state index in [1.165, 1.54) is 30.3 Å². The van der Waals surface area contributed by atoms with Crippen LogP contribution < -0.4 is 4.74 Å². The Kier molecular flexibility index (Phi) is 3.86. The molecule has 0 fully saturated rings. The lowest BCUT2D eigenvalue weighted by Gasteiger charge is -2.14. The highest BCUT2D eigenvalue weighted by Crippen LogP contribution is 2.38. The molecular formula is C14H7ClF3NO. The van der Waals surface area contributed by atoms with Crippen molar-refractivity contribution in [1.29, 1.82) is 5.26 Å². The summed E-state index contributed by atoms with van der Waals surface area (Å²) in [6.45, 7) is 0. The van der Waals surface area contributed by atoms with Crippen molar-refractivity contribution in [3.05, 3.63) is 53.1 Å². The Morgan fingerprint density at radius 2 is 1.75 bits per heavy atom. The summed E-state index contributed by atoms with van der Waals surface area (Å²) in [6, 6.07) is 12.0. The van der Waals surface area contributed by atoms with Gasteiger partial charge >= 0.3 is 6.36 Å². The van der Waals surface area contributed by atoms with Crippen molar-refractivity contribution in [3.63, 3.8) is 0 Å². The average molecular weight is 298 g/mol. The summed E-state index contributed by atoms with van der Waals surface area (Å²) >= 11 is 6.00. The van der Waals surface area contributed by atoms with E-state index in [2.05, 4.69) is 4.74 Å². The molecule has 102 valence electrons. The Labute approximate surface area is 118 Å². The molecule has 0 bridgehead atoms. The van der Waals surface area contributed by atoms with Crippen LogP contribution in [-0.4, -0.2) is 6.36 Å². The van der Waals surface area contributed by atoms with Crippen molar-refractivity contribution in [2.45, 2.75) is 6.36 Å². The molecule has 0 aliphatic carbocycles. The van der Waals surface area contributed by atoms with Crippen molar-refractivity contribution >= 4 is 11.6 Å². The van der Waals surface area contributed by atoms with Gasteiger partial charge in [0.1, 0.15) is 5.75 Å². The Balaban J connectivity index is 2.63. The molecule has 0 aliphatic heterocycles. The van der Waals surface area contributed by atoms with Crippen molar-refractivity contribution in [2.75, 3.05) is 0 Å². The Hall–Kier alpha value is -2.19. The number of ether oxygens (including phenoxy) is 1. The molecule has 0 radical (unpaired) electrons. The molecular weight excluding hydrogens is 291 g/mol. The fourth-order valence-corrected chi connectivity index (χ4v) is 2.05. The maximum Gasteiger partial charge on any atom is 0.573 e. The predicted molar refractivity (Wildman–Crippen MR) is 68.3 cm³/mol. The van der Waals surface area contributed by atoms with E-state index >= 15 is 0 Å². The quantitative estimate of drug-likeness (QED) is 0.799. The van der Waals surface area contributed by atoms with Gasteiger partial charge in [0.05, 0.1) is 11.6 Å². The molecule has 0 atom stereocenters. The first-order chi connectivity index (χ1) is 9.42. The Morgan fingerprint density at radius 1 is 1.05 bits per heavy atom. The minimum absolute atomic E-state index is 0.118. The molecule has 2 rings (SSSR count). The maximum absolute atomic E-state index is 12.4. The van der Waals surface area contributed by atoms with Crippen LogP contribution >= 0.6 is 11.6 Å². The molecule has 0 saturated heterocycles. The number of para-hydroxylation sites is 1. The monoisotopic (exact) mass is 297 g/mol. The van der Waals surface area contributed by atoms with E-state index in [-0.39, 0.29) is 21.7 Å². The molecule has 0 heterocycles. The van der Waals surface area contributed by atoms with E-state index in [4.69, 9.17) is 16.9 Å². The van der Waals surface area contributed by atoms with Crippen LogP contribution in [0.5, 0.6) is 5.75 Å². The van der Waals surface area contributed by atoms with Crippen LogP contribution in [0.3, 0.4) is 0 Å². The smallest absolute Gasteiger partial charge is 0.405 e. The third-order valence-electron chi connectivity index (χ3n) is 2.52. The molecule has 0 amide bonds. The summed E-state index contributed by atoms with van der Waals surface area (Å²) in [7, 11) is 0. The second-order valence-electron chi connectivity index (χ2n) is 3.82. The van der Waals surface area contributed by atoms with Crippen LogP contribution in [0.4, 0.5) is 13.2 Å². The lowest BCUT2D eigenvalue weighted by Crippen LogP contribution is -2.17. The third kappa shape index (κ3) is 3.03. The minimum atomic E-state index is -4.82. The van der Waals surface area contributed by atoms with E-state index < -0.39 is 12.1 Å². The maximum atomic E-state index is 12.4. The Bertz CT molecular complexity index is 677. The second kappa shape index (κ2) is 5.43. The van der Waals surface area contributed by atoms with Gasteiger partial charge < -0.3 is 4.74 Å². The van der Waals surface area contributed by atoms with E-state index in [0.717, 1.165) is 0 Å². The first-order valence-electron chi connectivity index (χ1n) is 5.46. The minimum Gasteiger partial charge on any atom is -0.405 e. The van der Waals surface area contributed by atoms with Gasteiger partial charge in [-0.2, -0.15) is 5.26 Å². The van der Waals surface area contributed by atoms with Crippen LogP contribution in [0.1, 0.15) is 5.56 Å². The second-order valence-corrected chi connectivity index (χ2v) is 4.23. The molecule has 20 heavy (non-hydrogen) atoms. The zero-order valence-corrected chi connectivity index (χ0v) is 10.7. The molecule has 2 aromatic carbocycles. The zero-order valence-electron chi connectivity index (χ0n) is 9.91. The Morgan fingerprint density at radius 3 is 2.40 bits per heavy atom. The van der Waals surface area contributed by atoms with E-state index in [1.807, 2.05) is 6.07 Å². The number of hydrogen-bond donors (Lipinski definition) is 0. The highest BCUT2D eigenvalue weighted by molar-refractivity contribution is 6.33. The summed E-state index contributed by atoms with van der Waals surface area (Å²) in [5.74, 6) is -0.399. The van der Waals surface area contributed by atoms with Gasteiger partial charge in [-0.1, -0.05) is 35.9 Å². The molecule has 0 saturated carbocycles. The van der Waals surface area contributed by atoms with E-state index in [1.54, 1.807) is 12.1 Å². The normalized spacial score (nSPS) is 10.9. The summed E-state index contributed by atoms with van der Waals surface area (Å²) in [5, 5.41) is 9.24. The number of nitrogens with zero attached hydrogens (tertiary/aromatic N) is 1. The number of halogens is 4. The van der Waals surface area contributed by atoms with Crippen LogP contribution in [0.2, 0.25) is 5.02 Å². The van der Waals surface area contributed by atoms with Crippen LogP contribution in [0.15, 0.2) is 42.5 Å². The number of nitriles is 1. The van der Waals surface area contributed by atoms with Crippen molar-refractivity contribution in [2.24, 2.45) is 0 Å². The number of rotatable bonds is 2. The lowest BCUT2D eigenvalue weighted by atomic mass is 9.99. The first-order valence-corrected chi connectivity index (χ1v) is 5.84. The topological polar surface area (TPSA) is 33.0 Å². The molecule has 0 aromatic heterocycles. The van der Waals surface area contributed by atoms with Crippen molar-refractivity contribution in [1.82, 2.24) is 0 Å². The zero-order chi connectivity index (χ0) is 14.8. The standard InChI is InChI=1S/C14H7ClF3NO/c15-11-6-3-4-9(8-19)13(11)10-5-1-2-7-12(10)20-14(16,17)18/h1-7H. The van der Waals surface area contributed by atoms with E-state index in [0.29, 0.717) is 0 Å². The van der Waals surface area contributed by atoms with Gasteiger partial charge in [0, 0.05) is 16.1 Å². The number of alkyl halides is 3. The van der Waals surface area contributed by atoms with Crippen LogP contribution in [-0.2, 0) is 0 Å². The van der Waals surface area contributed by atoms with Gasteiger partial charge in [-0.15, -0.1) is 13.2 Å². The van der Waals surface area contributed by atoms with Crippen molar-refractivity contribution in [3.8, 4) is 22.9 Å². The molecule has 0 spiro atoms. The highest BCUT2D eigenvalue weighted by atomic mass is 35.5. The van der Waals surface area contributed by atoms with Gasteiger partial charge in [0.25, 0.3) is 0 Å². The summed E-state index contributed by atoms with van der Waals surface area (Å²) in [6.07, 6.45) is -4.82. The molecule has 2 aromatic rings. The molecule has 0 aliphatic rings. The number of hydrogen-bond acceptors (Lipinski definition) is 2. The highest BCUT2D eigenvalue weighted by Gasteiger charge is 2.32. The third-order valence-corrected chi connectivity index (χ3v) is 2.83. The predicted octanol–water partition coefficient (Wildman–Crippen LogP) is 4.78. The summed E-state index contributed by atoms with van der Waals surface area (Å²) < 4.78 is 41.2. The lowest BCUT2D eigenvalue weighted by molar-refractivity contribution is -0.274. The largest absolute Gasteiger partial charge is 0.573 e. The fourth-order valence-electron chi connectivity index (χ4n) is 1.78. The summed E-state index contributed by atoms with van der Waals surface area (Å²) in [4.78, 5) is 0. The summed E-state index contributed by atoms with van der Waals surface area (Å²) in [5.41, 5.74) is 0.513.